The fourth-order valence-corrected chi connectivity index (χ4v) is 3.07. The summed E-state index contributed by atoms with van der Waals surface area (Å²) in [5.41, 5.74) is 2.49. The number of hydrogen-bond acceptors (Lipinski definition) is 3. The van der Waals surface area contributed by atoms with Crippen molar-refractivity contribution in [3.8, 4) is 0 Å². The zero-order chi connectivity index (χ0) is 15.9. The van der Waals surface area contributed by atoms with Gasteiger partial charge in [0.1, 0.15) is 0 Å². The summed E-state index contributed by atoms with van der Waals surface area (Å²) < 4.78 is 5.13. The molecule has 1 fully saturated rings. The standard InChI is InChI=1S/C18H28N2O2/c1-4-18(21)20-10-9-17(14(2)12-20)19-11-15-5-7-16(8-6-15)13-22-3/h5-8,14,17,19H,4,9-13H2,1-3H3. The maximum Gasteiger partial charge on any atom is 0.222 e. The number of likely N-dealkylation sites (tertiary alicyclic amines) is 1. The van der Waals surface area contributed by atoms with Gasteiger partial charge in [-0.15, -0.1) is 0 Å². The molecular weight excluding hydrogens is 276 g/mol. The minimum Gasteiger partial charge on any atom is -0.380 e. The summed E-state index contributed by atoms with van der Waals surface area (Å²) in [5.74, 6) is 0.774. The van der Waals surface area contributed by atoms with E-state index in [0.29, 0.717) is 25.0 Å². The number of nitrogens with one attached hydrogen (secondary N) is 1. The Morgan fingerprint density at radius 2 is 2.00 bits per heavy atom. The Labute approximate surface area is 133 Å². The van der Waals surface area contributed by atoms with Crippen LogP contribution in [0.4, 0.5) is 0 Å². The van der Waals surface area contributed by atoms with Crippen molar-refractivity contribution in [2.75, 3.05) is 20.2 Å². The van der Waals surface area contributed by atoms with E-state index in [0.717, 1.165) is 26.1 Å². The number of nitrogens with zero attached hydrogens (tertiary/aromatic N) is 1. The molecule has 2 unspecified atom stereocenters. The van der Waals surface area contributed by atoms with Crippen LogP contribution in [0.3, 0.4) is 0 Å². The van der Waals surface area contributed by atoms with Crippen LogP contribution in [0.5, 0.6) is 0 Å². The van der Waals surface area contributed by atoms with E-state index < -0.39 is 0 Å². The predicted octanol–water partition coefficient (Wildman–Crippen LogP) is 2.57. The molecule has 0 spiro atoms. The van der Waals surface area contributed by atoms with Gasteiger partial charge in [0, 0.05) is 39.2 Å². The average molecular weight is 304 g/mol. The maximum absolute atomic E-state index is 11.8. The van der Waals surface area contributed by atoms with Crippen molar-refractivity contribution in [1.82, 2.24) is 10.2 Å². The van der Waals surface area contributed by atoms with Gasteiger partial charge in [0.2, 0.25) is 5.91 Å². The van der Waals surface area contributed by atoms with Crippen LogP contribution in [0.2, 0.25) is 0 Å². The zero-order valence-corrected chi connectivity index (χ0v) is 14.0. The largest absolute Gasteiger partial charge is 0.380 e. The molecule has 1 amide bonds. The molecule has 1 aliphatic rings. The quantitative estimate of drug-likeness (QED) is 0.878. The first kappa shape index (κ1) is 17.0. The molecule has 0 bridgehead atoms. The van der Waals surface area contributed by atoms with Crippen molar-refractivity contribution in [2.45, 2.75) is 45.9 Å². The van der Waals surface area contributed by atoms with E-state index in [1.165, 1.54) is 11.1 Å². The summed E-state index contributed by atoms with van der Waals surface area (Å²) >= 11 is 0. The minimum absolute atomic E-state index is 0.277. The van der Waals surface area contributed by atoms with Gasteiger partial charge >= 0.3 is 0 Å². The summed E-state index contributed by atoms with van der Waals surface area (Å²) in [7, 11) is 1.71. The zero-order valence-electron chi connectivity index (χ0n) is 14.0. The van der Waals surface area contributed by atoms with Gasteiger partial charge < -0.3 is 15.0 Å². The molecule has 0 aromatic heterocycles. The number of carbonyl (C=O) groups is 1. The van der Waals surface area contributed by atoms with Crippen molar-refractivity contribution < 1.29 is 9.53 Å². The first-order chi connectivity index (χ1) is 10.6. The second-order valence-electron chi connectivity index (χ2n) is 6.20. The van der Waals surface area contributed by atoms with Gasteiger partial charge in [0.15, 0.2) is 0 Å². The summed E-state index contributed by atoms with van der Waals surface area (Å²) in [6, 6.07) is 9.03. The van der Waals surface area contributed by atoms with Crippen LogP contribution in [0, 0.1) is 5.92 Å². The molecule has 0 radical (unpaired) electrons. The molecule has 1 N–H and O–H groups in total. The van der Waals surface area contributed by atoms with Gasteiger partial charge in [-0.3, -0.25) is 4.79 Å². The topological polar surface area (TPSA) is 41.6 Å². The highest BCUT2D eigenvalue weighted by Crippen LogP contribution is 2.18. The average Bonchev–Trinajstić information content (AvgIpc) is 2.54. The SMILES string of the molecule is CCC(=O)N1CCC(NCc2ccc(COC)cc2)C(C)C1. The molecule has 2 atom stereocenters. The van der Waals surface area contributed by atoms with Crippen LogP contribution in [0.15, 0.2) is 24.3 Å². The second kappa shape index (κ2) is 8.30. The van der Waals surface area contributed by atoms with Gasteiger partial charge in [-0.25, -0.2) is 0 Å². The fraction of sp³-hybridized carbons (Fsp3) is 0.611. The van der Waals surface area contributed by atoms with Crippen molar-refractivity contribution in [2.24, 2.45) is 5.92 Å². The molecular formula is C18H28N2O2. The lowest BCUT2D eigenvalue weighted by atomic mass is 9.93. The van der Waals surface area contributed by atoms with Crippen molar-refractivity contribution >= 4 is 5.91 Å². The molecule has 1 heterocycles. The monoisotopic (exact) mass is 304 g/mol. The third-order valence-electron chi connectivity index (χ3n) is 4.46. The molecule has 0 saturated carbocycles. The minimum atomic E-state index is 0.277. The normalized spacial score (nSPS) is 21.9. The molecule has 22 heavy (non-hydrogen) atoms. The Morgan fingerprint density at radius 1 is 1.32 bits per heavy atom. The summed E-state index contributed by atoms with van der Waals surface area (Å²) in [4.78, 5) is 13.8. The Morgan fingerprint density at radius 3 is 2.59 bits per heavy atom. The van der Waals surface area contributed by atoms with Crippen molar-refractivity contribution in [3.63, 3.8) is 0 Å². The third kappa shape index (κ3) is 4.55. The van der Waals surface area contributed by atoms with Crippen LogP contribution in [0.1, 0.15) is 37.8 Å². The smallest absolute Gasteiger partial charge is 0.222 e. The van der Waals surface area contributed by atoms with Gasteiger partial charge in [0.05, 0.1) is 6.61 Å². The second-order valence-corrected chi connectivity index (χ2v) is 6.20. The number of hydrogen-bond donors (Lipinski definition) is 1. The Hall–Kier alpha value is -1.39. The van der Waals surface area contributed by atoms with Gasteiger partial charge in [0.25, 0.3) is 0 Å². The number of carbonyl (C=O) groups excluding carboxylic acids is 1. The van der Waals surface area contributed by atoms with E-state index in [4.69, 9.17) is 4.74 Å². The highest BCUT2D eigenvalue weighted by molar-refractivity contribution is 5.75. The third-order valence-corrected chi connectivity index (χ3v) is 4.46. The maximum atomic E-state index is 11.8. The number of amides is 1. The Kier molecular flexibility index (Phi) is 6.40. The molecule has 122 valence electrons. The number of methoxy groups -OCH3 is 1. The molecule has 1 aliphatic heterocycles. The van der Waals surface area contributed by atoms with E-state index >= 15 is 0 Å². The predicted molar refractivity (Wildman–Crippen MR) is 88.4 cm³/mol. The van der Waals surface area contributed by atoms with Crippen molar-refractivity contribution in [1.29, 1.82) is 0 Å². The van der Waals surface area contributed by atoms with Gasteiger partial charge in [-0.2, -0.15) is 0 Å². The first-order valence-corrected chi connectivity index (χ1v) is 8.22. The molecule has 1 aromatic rings. The molecule has 0 aliphatic carbocycles. The number of piperidine rings is 1. The molecule has 4 heteroatoms. The van der Waals surface area contributed by atoms with E-state index in [2.05, 4.69) is 36.5 Å². The molecule has 4 nitrogen and oxygen atoms in total. The van der Waals surface area contributed by atoms with E-state index in [-0.39, 0.29) is 5.91 Å². The van der Waals surface area contributed by atoms with Gasteiger partial charge in [-0.1, -0.05) is 38.1 Å². The Balaban J connectivity index is 1.81. The fourth-order valence-electron chi connectivity index (χ4n) is 3.07. The van der Waals surface area contributed by atoms with E-state index in [1.54, 1.807) is 7.11 Å². The lowest BCUT2D eigenvalue weighted by Crippen LogP contribution is -2.49. The molecule has 1 saturated heterocycles. The molecule has 1 aromatic carbocycles. The number of benzene rings is 1. The lowest BCUT2D eigenvalue weighted by Gasteiger charge is -2.37. The van der Waals surface area contributed by atoms with Crippen LogP contribution in [-0.2, 0) is 22.7 Å². The van der Waals surface area contributed by atoms with Crippen LogP contribution >= 0.6 is 0 Å². The highest BCUT2D eigenvalue weighted by atomic mass is 16.5. The van der Waals surface area contributed by atoms with E-state index in [9.17, 15) is 4.79 Å². The van der Waals surface area contributed by atoms with Crippen LogP contribution < -0.4 is 5.32 Å². The van der Waals surface area contributed by atoms with Crippen LogP contribution in [0.25, 0.3) is 0 Å². The summed E-state index contributed by atoms with van der Waals surface area (Å²) in [5, 5.41) is 3.65. The first-order valence-electron chi connectivity index (χ1n) is 8.22. The summed E-state index contributed by atoms with van der Waals surface area (Å²) in [6.45, 7) is 7.45. The lowest BCUT2D eigenvalue weighted by molar-refractivity contribution is -0.132. The van der Waals surface area contributed by atoms with Crippen molar-refractivity contribution in [3.05, 3.63) is 35.4 Å². The number of rotatable bonds is 6. The molecule has 2 rings (SSSR count). The van der Waals surface area contributed by atoms with Gasteiger partial charge in [-0.05, 0) is 23.5 Å². The number of ether oxygens (including phenoxy) is 1. The van der Waals surface area contributed by atoms with E-state index in [1.807, 2.05) is 11.8 Å². The summed E-state index contributed by atoms with van der Waals surface area (Å²) in [6.07, 6.45) is 1.65. The van der Waals surface area contributed by atoms with Crippen LogP contribution in [-0.4, -0.2) is 37.0 Å². The Bertz CT molecular complexity index is 472. The highest BCUT2D eigenvalue weighted by Gasteiger charge is 2.27.